The van der Waals surface area contributed by atoms with Crippen LogP contribution in [0.5, 0.6) is 0 Å². The van der Waals surface area contributed by atoms with E-state index in [0.29, 0.717) is 18.9 Å². The number of fused-ring (bicyclic) bond motifs is 1. The number of carbonyl (C=O) groups excluding carboxylic acids is 1. The minimum atomic E-state index is 0.122. The van der Waals surface area contributed by atoms with Crippen LogP contribution in [-0.4, -0.2) is 16.1 Å². The maximum absolute atomic E-state index is 12.2. The second kappa shape index (κ2) is 5.72. The van der Waals surface area contributed by atoms with Gasteiger partial charge in [0.2, 0.25) is 5.91 Å². The minimum Gasteiger partial charge on any atom is -0.352 e. The third kappa shape index (κ3) is 2.84. The minimum absolute atomic E-state index is 0.122. The van der Waals surface area contributed by atoms with Gasteiger partial charge in [0.1, 0.15) is 0 Å². The van der Waals surface area contributed by atoms with Crippen LogP contribution in [-0.2, 0) is 17.8 Å². The first kappa shape index (κ1) is 13.9. The van der Waals surface area contributed by atoms with Gasteiger partial charge < -0.3 is 5.32 Å². The summed E-state index contributed by atoms with van der Waals surface area (Å²) in [6, 6.07) is 8.47. The van der Waals surface area contributed by atoms with E-state index in [0.717, 1.165) is 29.8 Å². The van der Waals surface area contributed by atoms with Gasteiger partial charge in [0.15, 0.2) is 0 Å². The Labute approximate surface area is 125 Å². The van der Waals surface area contributed by atoms with Crippen LogP contribution >= 0.6 is 0 Å². The van der Waals surface area contributed by atoms with Gasteiger partial charge in [0, 0.05) is 24.2 Å². The fourth-order valence-corrected chi connectivity index (χ4v) is 3.17. The van der Waals surface area contributed by atoms with Gasteiger partial charge in [-0.15, -0.1) is 0 Å². The van der Waals surface area contributed by atoms with Gasteiger partial charge in [-0.1, -0.05) is 24.3 Å². The predicted molar refractivity (Wildman–Crippen MR) is 82.0 cm³/mol. The lowest BCUT2D eigenvalue weighted by Gasteiger charge is -2.12. The molecule has 0 saturated carbocycles. The number of carbonyl (C=O) groups is 1. The SMILES string of the molecule is Cc1n[nH]c(C)c1CNC(=O)C[C@H]1CCc2ccccc21. The topological polar surface area (TPSA) is 57.8 Å². The number of aromatic nitrogens is 2. The van der Waals surface area contributed by atoms with Crippen LogP contribution in [0, 0.1) is 13.8 Å². The van der Waals surface area contributed by atoms with Crippen LogP contribution in [0.4, 0.5) is 0 Å². The van der Waals surface area contributed by atoms with Crippen molar-refractivity contribution in [3.63, 3.8) is 0 Å². The maximum atomic E-state index is 12.2. The normalized spacial score (nSPS) is 16.8. The number of amides is 1. The third-order valence-electron chi connectivity index (χ3n) is 4.43. The number of aromatic amines is 1. The lowest BCUT2D eigenvalue weighted by atomic mass is 9.97. The molecule has 1 aromatic carbocycles. The fraction of sp³-hybridized carbons (Fsp3) is 0.412. The molecular formula is C17H21N3O. The number of nitrogens with one attached hydrogen (secondary N) is 2. The highest BCUT2D eigenvalue weighted by Crippen LogP contribution is 2.35. The summed E-state index contributed by atoms with van der Waals surface area (Å²) in [5.74, 6) is 0.490. The molecule has 3 rings (SSSR count). The summed E-state index contributed by atoms with van der Waals surface area (Å²) >= 11 is 0. The second-order valence-corrected chi connectivity index (χ2v) is 5.83. The summed E-state index contributed by atoms with van der Waals surface area (Å²) in [7, 11) is 0. The Kier molecular flexibility index (Phi) is 3.78. The van der Waals surface area contributed by atoms with Crippen LogP contribution in [0.3, 0.4) is 0 Å². The van der Waals surface area contributed by atoms with Gasteiger partial charge in [0.05, 0.1) is 5.69 Å². The summed E-state index contributed by atoms with van der Waals surface area (Å²) in [6.07, 6.45) is 2.75. The quantitative estimate of drug-likeness (QED) is 0.906. The Bertz CT molecular complexity index is 640. The standard InChI is InChI=1S/C17H21N3O/c1-11-16(12(2)20-19-11)10-18-17(21)9-14-8-7-13-5-3-4-6-15(13)14/h3-6,14H,7-10H2,1-2H3,(H,18,21)(H,19,20)/t14-/m1/s1. The van der Waals surface area contributed by atoms with Crippen molar-refractivity contribution in [2.24, 2.45) is 0 Å². The van der Waals surface area contributed by atoms with Crippen molar-refractivity contribution in [2.45, 2.75) is 45.6 Å². The lowest BCUT2D eigenvalue weighted by molar-refractivity contribution is -0.121. The number of hydrogen-bond acceptors (Lipinski definition) is 2. The molecule has 2 N–H and O–H groups in total. The highest BCUT2D eigenvalue weighted by molar-refractivity contribution is 5.77. The Balaban J connectivity index is 1.58. The highest BCUT2D eigenvalue weighted by atomic mass is 16.1. The Morgan fingerprint density at radius 1 is 1.38 bits per heavy atom. The Hall–Kier alpha value is -2.10. The fourth-order valence-electron chi connectivity index (χ4n) is 3.17. The highest BCUT2D eigenvalue weighted by Gasteiger charge is 2.24. The first-order valence-electron chi connectivity index (χ1n) is 7.50. The van der Waals surface area contributed by atoms with Gasteiger partial charge in [0.25, 0.3) is 0 Å². The van der Waals surface area contributed by atoms with Crippen LogP contribution in [0.1, 0.15) is 46.8 Å². The van der Waals surface area contributed by atoms with Crippen molar-refractivity contribution in [1.82, 2.24) is 15.5 Å². The van der Waals surface area contributed by atoms with E-state index in [2.05, 4.69) is 39.8 Å². The summed E-state index contributed by atoms with van der Waals surface area (Å²) in [5.41, 5.74) is 5.83. The van der Waals surface area contributed by atoms with Crippen molar-refractivity contribution in [3.05, 3.63) is 52.3 Å². The van der Waals surface area contributed by atoms with E-state index < -0.39 is 0 Å². The van der Waals surface area contributed by atoms with E-state index in [-0.39, 0.29) is 5.91 Å². The monoisotopic (exact) mass is 283 g/mol. The van der Waals surface area contributed by atoms with Gasteiger partial charge in [-0.05, 0) is 43.7 Å². The molecule has 1 amide bonds. The van der Waals surface area contributed by atoms with E-state index in [4.69, 9.17) is 0 Å². The Morgan fingerprint density at radius 3 is 2.95 bits per heavy atom. The number of hydrogen-bond donors (Lipinski definition) is 2. The van der Waals surface area contributed by atoms with E-state index in [9.17, 15) is 4.79 Å². The van der Waals surface area contributed by atoms with Crippen LogP contribution < -0.4 is 5.32 Å². The molecule has 0 spiro atoms. The molecule has 0 unspecified atom stereocenters. The van der Waals surface area contributed by atoms with Crippen LogP contribution in [0.25, 0.3) is 0 Å². The van der Waals surface area contributed by atoms with Crippen molar-refractivity contribution in [3.8, 4) is 0 Å². The zero-order valence-corrected chi connectivity index (χ0v) is 12.6. The van der Waals surface area contributed by atoms with Crippen molar-refractivity contribution in [2.75, 3.05) is 0 Å². The molecule has 4 nitrogen and oxygen atoms in total. The van der Waals surface area contributed by atoms with Gasteiger partial charge >= 0.3 is 0 Å². The molecule has 110 valence electrons. The van der Waals surface area contributed by atoms with Crippen molar-refractivity contribution < 1.29 is 4.79 Å². The number of benzene rings is 1. The zero-order valence-electron chi connectivity index (χ0n) is 12.6. The number of aryl methyl sites for hydroxylation is 3. The molecule has 0 saturated heterocycles. The molecule has 1 heterocycles. The van der Waals surface area contributed by atoms with E-state index in [1.165, 1.54) is 11.1 Å². The molecule has 0 radical (unpaired) electrons. The molecule has 1 aliphatic carbocycles. The van der Waals surface area contributed by atoms with Crippen LogP contribution in [0.15, 0.2) is 24.3 Å². The molecule has 21 heavy (non-hydrogen) atoms. The zero-order chi connectivity index (χ0) is 14.8. The maximum Gasteiger partial charge on any atom is 0.220 e. The smallest absolute Gasteiger partial charge is 0.220 e. The van der Waals surface area contributed by atoms with Gasteiger partial charge in [-0.25, -0.2) is 0 Å². The van der Waals surface area contributed by atoms with Crippen LogP contribution in [0.2, 0.25) is 0 Å². The first-order chi connectivity index (χ1) is 10.1. The molecule has 2 aromatic rings. The average molecular weight is 283 g/mol. The third-order valence-corrected chi connectivity index (χ3v) is 4.43. The summed E-state index contributed by atoms with van der Waals surface area (Å²) in [6.45, 7) is 4.49. The largest absolute Gasteiger partial charge is 0.352 e. The molecule has 0 aliphatic heterocycles. The molecule has 4 heteroatoms. The first-order valence-corrected chi connectivity index (χ1v) is 7.50. The molecule has 0 bridgehead atoms. The summed E-state index contributed by atoms with van der Waals surface area (Å²) in [4.78, 5) is 12.2. The average Bonchev–Trinajstić information content (AvgIpc) is 3.02. The van der Waals surface area contributed by atoms with E-state index in [1.807, 2.05) is 13.8 Å². The van der Waals surface area contributed by atoms with E-state index in [1.54, 1.807) is 0 Å². The van der Waals surface area contributed by atoms with Gasteiger partial charge in [-0.3, -0.25) is 9.89 Å². The second-order valence-electron chi connectivity index (χ2n) is 5.83. The molecule has 0 fully saturated rings. The summed E-state index contributed by atoms with van der Waals surface area (Å²) < 4.78 is 0. The summed E-state index contributed by atoms with van der Waals surface area (Å²) in [5, 5.41) is 10.1. The Morgan fingerprint density at radius 2 is 2.19 bits per heavy atom. The van der Waals surface area contributed by atoms with Gasteiger partial charge in [-0.2, -0.15) is 5.10 Å². The van der Waals surface area contributed by atoms with Crippen molar-refractivity contribution >= 4 is 5.91 Å². The predicted octanol–water partition coefficient (Wildman–Crippen LogP) is 2.76. The lowest BCUT2D eigenvalue weighted by Crippen LogP contribution is -2.24. The number of nitrogens with zero attached hydrogens (tertiary/aromatic N) is 1. The molecule has 1 aromatic heterocycles. The van der Waals surface area contributed by atoms with E-state index >= 15 is 0 Å². The molecule has 1 atom stereocenters. The van der Waals surface area contributed by atoms with Crippen molar-refractivity contribution in [1.29, 1.82) is 0 Å². The number of H-pyrrole nitrogens is 1. The molecule has 1 aliphatic rings. The molecular weight excluding hydrogens is 262 g/mol. The number of rotatable bonds is 4.